The fourth-order valence-corrected chi connectivity index (χ4v) is 8.50. The van der Waals surface area contributed by atoms with Gasteiger partial charge in [0.05, 0.1) is 22.1 Å². The van der Waals surface area contributed by atoms with Crippen molar-refractivity contribution in [2.24, 2.45) is 0 Å². The molecule has 0 aliphatic carbocycles. The Morgan fingerprint density at radius 3 is 1.14 bits per heavy atom. The van der Waals surface area contributed by atoms with Crippen LogP contribution in [0.1, 0.15) is 0 Å². The summed E-state index contributed by atoms with van der Waals surface area (Å²) < 4.78 is 4.65. The molecule has 11 rings (SSSR count). The van der Waals surface area contributed by atoms with Crippen LogP contribution in [0.5, 0.6) is 0 Å². The topological polar surface area (TPSA) is 44.4 Å². The molecule has 0 bridgehead atoms. The Bertz CT molecular complexity index is 3250. The number of rotatable bonds is 4. The maximum Gasteiger partial charge on any atom is 0.294 e. The van der Waals surface area contributed by atoms with Crippen molar-refractivity contribution < 1.29 is 0 Å². The maximum absolute atomic E-state index is 7.84. The second-order valence-corrected chi connectivity index (χ2v) is 14.0. The van der Waals surface area contributed by atoms with Gasteiger partial charge in [0.25, 0.3) is 11.6 Å². The van der Waals surface area contributed by atoms with Gasteiger partial charge in [-0.2, -0.15) is 0 Å². The molecule has 0 fully saturated rings. The molecule has 0 saturated carbocycles. The van der Waals surface area contributed by atoms with Gasteiger partial charge in [-0.15, -0.1) is 9.97 Å². The van der Waals surface area contributed by atoms with Gasteiger partial charge in [0.2, 0.25) is 11.4 Å². The first-order valence-corrected chi connectivity index (χ1v) is 18.4. The standard InChI is InChI=1S/C50H28N6/c1-51-49-50(52-2)54-46(34-21-27-36(28-22-34)56-44-18-10-8-16-40(44)42-30-24-32-12-4-6-14-38(32)48(42)56)45(53-49)33-19-25-35(26-20-33)55-43-17-9-7-15-39(43)41-29-23-31-11-3-5-13-37(31)47(41)55/h3-30H. The van der Waals surface area contributed by atoms with Crippen molar-refractivity contribution >= 4 is 76.8 Å². The lowest BCUT2D eigenvalue weighted by molar-refractivity contribution is 1.18. The molecule has 3 aromatic heterocycles. The Morgan fingerprint density at radius 1 is 0.357 bits per heavy atom. The van der Waals surface area contributed by atoms with Crippen LogP contribution < -0.4 is 0 Å². The van der Waals surface area contributed by atoms with E-state index >= 15 is 0 Å². The van der Waals surface area contributed by atoms with Crippen molar-refractivity contribution in [3.05, 3.63) is 193 Å². The summed E-state index contributed by atoms with van der Waals surface area (Å²) >= 11 is 0. The summed E-state index contributed by atoms with van der Waals surface area (Å²) in [5.41, 5.74) is 9.31. The van der Waals surface area contributed by atoms with Gasteiger partial charge in [-0.3, -0.25) is 0 Å². The highest BCUT2D eigenvalue weighted by Gasteiger charge is 2.24. The lowest BCUT2D eigenvalue weighted by Gasteiger charge is -2.12. The molecular weight excluding hydrogens is 685 g/mol. The molecular formula is C50H28N6. The molecule has 0 radical (unpaired) electrons. The molecule has 56 heavy (non-hydrogen) atoms. The van der Waals surface area contributed by atoms with E-state index in [2.05, 4.69) is 164 Å². The predicted octanol–water partition coefficient (Wildman–Crippen LogP) is 13.4. The average Bonchev–Trinajstić information content (AvgIpc) is 3.80. The van der Waals surface area contributed by atoms with E-state index in [1.165, 1.54) is 43.1 Å². The molecule has 6 heteroatoms. The van der Waals surface area contributed by atoms with E-state index < -0.39 is 0 Å². The summed E-state index contributed by atoms with van der Waals surface area (Å²) in [4.78, 5) is 16.8. The number of hydrogen-bond acceptors (Lipinski definition) is 2. The first-order chi connectivity index (χ1) is 27.7. The minimum Gasteiger partial charge on any atom is -0.370 e. The summed E-state index contributed by atoms with van der Waals surface area (Å²) in [5.74, 6) is -0.0176. The van der Waals surface area contributed by atoms with Crippen molar-refractivity contribution in [1.82, 2.24) is 19.1 Å². The Labute approximate surface area is 321 Å². The second kappa shape index (κ2) is 12.2. The van der Waals surface area contributed by atoms with Crippen molar-refractivity contribution in [1.29, 1.82) is 0 Å². The van der Waals surface area contributed by atoms with Gasteiger partial charge < -0.3 is 18.8 Å². The Morgan fingerprint density at radius 2 is 0.732 bits per heavy atom. The predicted molar refractivity (Wildman–Crippen MR) is 229 cm³/mol. The number of aromatic nitrogens is 4. The largest absolute Gasteiger partial charge is 0.370 e. The van der Waals surface area contributed by atoms with Gasteiger partial charge in [-0.05, 0) is 71.4 Å². The lowest BCUT2D eigenvalue weighted by atomic mass is 10.0. The van der Waals surface area contributed by atoms with Crippen LogP contribution in [-0.4, -0.2) is 19.1 Å². The highest BCUT2D eigenvalue weighted by Crippen LogP contribution is 2.41. The van der Waals surface area contributed by atoms with Crippen LogP contribution in [0, 0.1) is 13.1 Å². The molecule has 0 saturated heterocycles. The van der Waals surface area contributed by atoms with Gasteiger partial charge in [-0.1, -0.05) is 122 Å². The molecule has 6 nitrogen and oxygen atoms in total. The quantitative estimate of drug-likeness (QED) is 0.171. The molecule has 0 spiro atoms. The minimum absolute atomic E-state index is 0.00882. The van der Waals surface area contributed by atoms with Crippen LogP contribution in [0.4, 0.5) is 11.6 Å². The zero-order chi connectivity index (χ0) is 37.3. The van der Waals surface area contributed by atoms with E-state index in [4.69, 9.17) is 23.1 Å². The third-order valence-corrected chi connectivity index (χ3v) is 11.0. The Hall–Kier alpha value is -8.06. The number of benzene rings is 8. The van der Waals surface area contributed by atoms with Crippen molar-refractivity contribution in [3.63, 3.8) is 0 Å². The number of nitrogens with zero attached hydrogens (tertiary/aromatic N) is 6. The van der Waals surface area contributed by atoms with E-state index in [1.807, 2.05) is 24.3 Å². The van der Waals surface area contributed by atoms with E-state index in [0.717, 1.165) is 44.6 Å². The Kier molecular flexibility index (Phi) is 6.88. The van der Waals surface area contributed by atoms with Gasteiger partial charge in [-0.25, -0.2) is 0 Å². The minimum atomic E-state index is -0.00882. The molecule has 11 aromatic rings. The highest BCUT2D eigenvalue weighted by atomic mass is 15.0. The normalized spacial score (nSPS) is 11.5. The number of fused-ring (bicyclic) bond motifs is 10. The molecule has 0 aliphatic rings. The van der Waals surface area contributed by atoms with Crippen molar-refractivity contribution in [2.75, 3.05) is 0 Å². The highest BCUT2D eigenvalue weighted by molar-refractivity contribution is 6.19. The van der Waals surface area contributed by atoms with Crippen LogP contribution in [-0.2, 0) is 0 Å². The van der Waals surface area contributed by atoms with Crippen LogP contribution in [0.2, 0.25) is 0 Å². The summed E-state index contributed by atoms with van der Waals surface area (Å²) in [5, 5.41) is 9.53. The van der Waals surface area contributed by atoms with Gasteiger partial charge in [0, 0.05) is 54.8 Å². The van der Waals surface area contributed by atoms with Crippen LogP contribution in [0.15, 0.2) is 170 Å². The van der Waals surface area contributed by atoms with E-state index in [1.54, 1.807) is 0 Å². The fourth-order valence-electron chi connectivity index (χ4n) is 8.50. The third kappa shape index (κ3) is 4.61. The second-order valence-electron chi connectivity index (χ2n) is 14.0. The molecule has 3 heterocycles. The van der Waals surface area contributed by atoms with Gasteiger partial charge in [0.1, 0.15) is 0 Å². The summed E-state index contributed by atoms with van der Waals surface area (Å²) in [6.07, 6.45) is 0. The first kappa shape index (κ1) is 31.5. The molecule has 0 N–H and O–H groups in total. The fraction of sp³-hybridized carbons (Fsp3) is 0. The average molecular weight is 713 g/mol. The van der Waals surface area contributed by atoms with Crippen molar-refractivity contribution in [3.8, 4) is 33.9 Å². The van der Waals surface area contributed by atoms with Crippen LogP contribution in [0.3, 0.4) is 0 Å². The Balaban J connectivity index is 1.06. The SMILES string of the molecule is [C-]#[N+]c1nc(-c2ccc(-n3c4ccccc4c4ccc5ccccc5c43)cc2)c(-c2ccc(-n3c4ccccc4c4ccc5ccccc5c43)cc2)nc1[N+]#[C-]. The summed E-state index contributed by atoms with van der Waals surface area (Å²) in [7, 11) is 0. The van der Waals surface area contributed by atoms with Crippen LogP contribution in [0.25, 0.3) is 109 Å². The maximum atomic E-state index is 7.84. The molecule has 0 aliphatic heterocycles. The van der Waals surface area contributed by atoms with Gasteiger partial charge in [0.15, 0.2) is 0 Å². The molecule has 258 valence electrons. The molecule has 0 amide bonds. The summed E-state index contributed by atoms with van der Waals surface area (Å²) in [6, 6.07) is 59.4. The molecule has 8 aromatic carbocycles. The van der Waals surface area contributed by atoms with E-state index in [9.17, 15) is 0 Å². The van der Waals surface area contributed by atoms with Gasteiger partial charge >= 0.3 is 0 Å². The molecule has 0 unspecified atom stereocenters. The molecule has 0 atom stereocenters. The van der Waals surface area contributed by atoms with E-state index in [-0.39, 0.29) is 11.6 Å². The lowest BCUT2D eigenvalue weighted by Crippen LogP contribution is -1.98. The van der Waals surface area contributed by atoms with Crippen LogP contribution >= 0.6 is 0 Å². The third-order valence-electron chi connectivity index (χ3n) is 11.0. The smallest absolute Gasteiger partial charge is 0.294 e. The monoisotopic (exact) mass is 712 g/mol. The zero-order valence-corrected chi connectivity index (χ0v) is 29.8. The zero-order valence-electron chi connectivity index (χ0n) is 29.8. The van der Waals surface area contributed by atoms with E-state index in [0.29, 0.717) is 11.4 Å². The summed E-state index contributed by atoms with van der Waals surface area (Å²) in [6.45, 7) is 15.7. The van der Waals surface area contributed by atoms with Crippen molar-refractivity contribution in [2.45, 2.75) is 0 Å². The number of para-hydroxylation sites is 2. The number of hydrogen-bond donors (Lipinski definition) is 0. The first-order valence-electron chi connectivity index (χ1n) is 18.4.